The molecule has 122 valence electrons. The zero-order valence-corrected chi connectivity index (χ0v) is 13.8. The summed E-state index contributed by atoms with van der Waals surface area (Å²) in [5.74, 6) is 1.26. The van der Waals surface area contributed by atoms with Gasteiger partial charge in [-0.1, -0.05) is 36.4 Å². The van der Waals surface area contributed by atoms with Crippen molar-refractivity contribution in [3.05, 3.63) is 59.7 Å². The molecule has 5 heteroatoms. The lowest BCUT2D eigenvalue weighted by Crippen LogP contribution is -2.20. The van der Waals surface area contributed by atoms with E-state index in [9.17, 15) is 5.26 Å². The molecule has 1 heterocycles. The molecule has 0 aliphatic carbocycles. The molecule has 0 spiro atoms. The molecule has 0 saturated carbocycles. The van der Waals surface area contributed by atoms with E-state index >= 15 is 0 Å². The Balaban J connectivity index is 1.88. The first-order valence-electron chi connectivity index (χ1n) is 7.78. The Hall–Kier alpha value is -3.00. The number of hydrogen-bond donors (Lipinski definition) is 0. The molecular formula is C19H19N3O2. The van der Waals surface area contributed by atoms with Gasteiger partial charge in [-0.15, -0.1) is 0 Å². The van der Waals surface area contributed by atoms with Crippen LogP contribution in [-0.4, -0.2) is 31.5 Å². The van der Waals surface area contributed by atoms with E-state index in [-0.39, 0.29) is 0 Å². The standard InChI is InChI=1S/C19H19N3O2/c1-23-18-9-8-15(12-19(18)24-2)17(13-20)22-11-10-16(21-22)14-6-4-3-5-7-14/h3-9,12,17H,10-11H2,1-2H3/t17-/m0/s1. The van der Waals surface area contributed by atoms with Gasteiger partial charge in [-0.25, -0.2) is 0 Å². The molecule has 0 fully saturated rings. The zero-order valence-electron chi connectivity index (χ0n) is 13.8. The van der Waals surface area contributed by atoms with Crippen LogP contribution in [0.4, 0.5) is 0 Å². The van der Waals surface area contributed by atoms with E-state index in [1.165, 1.54) is 0 Å². The molecule has 0 bridgehead atoms. The highest BCUT2D eigenvalue weighted by molar-refractivity contribution is 6.01. The van der Waals surface area contributed by atoms with Crippen LogP contribution in [0.15, 0.2) is 53.6 Å². The largest absolute Gasteiger partial charge is 0.493 e. The van der Waals surface area contributed by atoms with Crippen LogP contribution in [0, 0.1) is 11.3 Å². The summed E-state index contributed by atoms with van der Waals surface area (Å²) in [5.41, 5.74) is 2.95. The molecule has 0 amide bonds. The van der Waals surface area contributed by atoms with Gasteiger partial charge in [0, 0.05) is 13.0 Å². The van der Waals surface area contributed by atoms with Gasteiger partial charge in [-0.2, -0.15) is 10.4 Å². The number of benzene rings is 2. The average Bonchev–Trinajstić information content (AvgIpc) is 3.12. The second-order valence-electron chi connectivity index (χ2n) is 5.47. The third kappa shape index (κ3) is 3.04. The van der Waals surface area contributed by atoms with Crippen molar-refractivity contribution in [3.63, 3.8) is 0 Å². The molecule has 1 aliphatic rings. The van der Waals surface area contributed by atoms with Crippen molar-refractivity contribution in [3.8, 4) is 17.6 Å². The lowest BCUT2D eigenvalue weighted by atomic mass is 10.1. The molecule has 1 atom stereocenters. The Bertz CT molecular complexity index is 781. The smallest absolute Gasteiger partial charge is 0.161 e. The maximum Gasteiger partial charge on any atom is 0.161 e. The molecule has 3 rings (SSSR count). The van der Waals surface area contributed by atoms with E-state index in [1.54, 1.807) is 14.2 Å². The predicted molar refractivity (Wildman–Crippen MR) is 92.2 cm³/mol. The number of methoxy groups -OCH3 is 2. The van der Waals surface area contributed by atoms with E-state index in [4.69, 9.17) is 9.47 Å². The first kappa shape index (κ1) is 15.9. The van der Waals surface area contributed by atoms with E-state index in [2.05, 4.69) is 11.2 Å². The quantitative estimate of drug-likeness (QED) is 0.847. The van der Waals surface area contributed by atoms with Crippen molar-refractivity contribution >= 4 is 5.71 Å². The molecule has 0 saturated heterocycles. The fourth-order valence-electron chi connectivity index (χ4n) is 2.83. The lowest BCUT2D eigenvalue weighted by molar-refractivity contribution is 0.273. The molecule has 0 radical (unpaired) electrons. The highest BCUT2D eigenvalue weighted by Crippen LogP contribution is 2.33. The van der Waals surface area contributed by atoms with Crippen molar-refractivity contribution in [2.75, 3.05) is 20.8 Å². The van der Waals surface area contributed by atoms with Crippen LogP contribution >= 0.6 is 0 Å². The van der Waals surface area contributed by atoms with Gasteiger partial charge < -0.3 is 9.47 Å². The fourth-order valence-corrected chi connectivity index (χ4v) is 2.83. The minimum absolute atomic E-state index is 0.453. The molecule has 2 aromatic rings. The Morgan fingerprint density at radius 1 is 1.08 bits per heavy atom. The van der Waals surface area contributed by atoms with Crippen LogP contribution in [0.25, 0.3) is 0 Å². The van der Waals surface area contributed by atoms with Crippen molar-refractivity contribution in [1.29, 1.82) is 5.26 Å². The van der Waals surface area contributed by atoms with Crippen LogP contribution in [0.3, 0.4) is 0 Å². The summed E-state index contributed by atoms with van der Waals surface area (Å²) in [7, 11) is 3.18. The van der Waals surface area contributed by atoms with E-state index in [1.807, 2.05) is 53.5 Å². The number of nitriles is 1. The first-order chi connectivity index (χ1) is 11.8. The first-order valence-corrected chi connectivity index (χ1v) is 7.78. The minimum Gasteiger partial charge on any atom is -0.493 e. The minimum atomic E-state index is -0.453. The highest BCUT2D eigenvalue weighted by atomic mass is 16.5. The number of ether oxygens (including phenoxy) is 2. The van der Waals surface area contributed by atoms with Crippen LogP contribution < -0.4 is 9.47 Å². The summed E-state index contributed by atoms with van der Waals surface area (Å²) < 4.78 is 10.6. The summed E-state index contributed by atoms with van der Waals surface area (Å²) in [4.78, 5) is 0. The van der Waals surface area contributed by atoms with Gasteiger partial charge in [0.25, 0.3) is 0 Å². The van der Waals surface area contributed by atoms with E-state index in [0.717, 1.165) is 29.8 Å². The second-order valence-corrected chi connectivity index (χ2v) is 5.47. The lowest BCUT2D eigenvalue weighted by Gasteiger charge is -2.21. The summed E-state index contributed by atoms with van der Waals surface area (Å²) >= 11 is 0. The van der Waals surface area contributed by atoms with Gasteiger partial charge in [0.2, 0.25) is 0 Å². The van der Waals surface area contributed by atoms with Gasteiger partial charge in [0.1, 0.15) is 0 Å². The maximum atomic E-state index is 9.65. The van der Waals surface area contributed by atoms with Crippen LogP contribution in [0.5, 0.6) is 11.5 Å². The molecule has 1 aliphatic heterocycles. The monoisotopic (exact) mass is 321 g/mol. The molecule has 2 aromatic carbocycles. The third-order valence-corrected chi connectivity index (χ3v) is 4.08. The van der Waals surface area contributed by atoms with Gasteiger partial charge in [0.15, 0.2) is 17.5 Å². The van der Waals surface area contributed by atoms with E-state index in [0.29, 0.717) is 11.5 Å². The van der Waals surface area contributed by atoms with Gasteiger partial charge >= 0.3 is 0 Å². The zero-order chi connectivity index (χ0) is 16.9. The summed E-state index contributed by atoms with van der Waals surface area (Å²) in [6, 6.07) is 17.5. The number of hydrogen-bond acceptors (Lipinski definition) is 5. The van der Waals surface area contributed by atoms with Crippen LogP contribution in [0.2, 0.25) is 0 Å². The Labute approximate surface area is 141 Å². The average molecular weight is 321 g/mol. The van der Waals surface area contributed by atoms with Crippen molar-refractivity contribution in [2.24, 2.45) is 5.10 Å². The van der Waals surface area contributed by atoms with Gasteiger partial charge in [0.05, 0.1) is 26.0 Å². The summed E-state index contributed by atoms with van der Waals surface area (Å²) in [6.45, 7) is 0.719. The van der Waals surface area contributed by atoms with Crippen LogP contribution in [-0.2, 0) is 0 Å². The van der Waals surface area contributed by atoms with E-state index < -0.39 is 6.04 Å². The SMILES string of the molecule is COc1ccc([C@H](C#N)N2CCC(c3ccccc3)=N2)cc1OC. The second kappa shape index (κ2) is 7.05. The number of hydrazone groups is 1. The highest BCUT2D eigenvalue weighted by Gasteiger charge is 2.25. The molecule has 5 nitrogen and oxygen atoms in total. The van der Waals surface area contributed by atoms with Crippen molar-refractivity contribution < 1.29 is 9.47 Å². The number of rotatable bonds is 5. The van der Waals surface area contributed by atoms with Crippen molar-refractivity contribution in [1.82, 2.24) is 5.01 Å². The summed E-state index contributed by atoms with van der Waals surface area (Å²) in [6.07, 6.45) is 0.829. The molecular weight excluding hydrogens is 302 g/mol. The molecule has 0 N–H and O–H groups in total. The van der Waals surface area contributed by atoms with Crippen LogP contribution in [0.1, 0.15) is 23.6 Å². The molecule has 0 aromatic heterocycles. The fraction of sp³-hybridized carbons (Fsp3) is 0.263. The van der Waals surface area contributed by atoms with Gasteiger partial charge in [-0.05, 0) is 23.3 Å². The predicted octanol–water partition coefficient (Wildman–Crippen LogP) is 3.38. The Kier molecular flexibility index (Phi) is 4.66. The Morgan fingerprint density at radius 2 is 1.83 bits per heavy atom. The summed E-state index contributed by atoms with van der Waals surface area (Å²) in [5, 5.41) is 16.2. The normalized spacial score (nSPS) is 14.7. The van der Waals surface area contributed by atoms with Gasteiger partial charge in [-0.3, -0.25) is 5.01 Å². The molecule has 0 unspecified atom stereocenters. The third-order valence-electron chi connectivity index (χ3n) is 4.08. The molecule has 24 heavy (non-hydrogen) atoms. The number of nitrogens with zero attached hydrogens (tertiary/aromatic N) is 3. The topological polar surface area (TPSA) is 57.8 Å². The van der Waals surface area contributed by atoms with Crippen molar-refractivity contribution in [2.45, 2.75) is 12.5 Å². The maximum absolute atomic E-state index is 9.65. The Morgan fingerprint density at radius 3 is 2.50 bits per heavy atom.